The molecule has 0 aromatic rings. The van der Waals surface area contributed by atoms with Crippen molar-refractivity contribution in [2.45, 2.75) is 63.8 Å². The van der Waals surface area contributed by atoms with Crippen LogP contribution in [0.1, 0.15) is 51.9 Å². The third-order valence-electron chi connectivity index (χ3n) is 3.59. The Morgan fingerprint density at radius 3 is 2.59 bits per heavy atom. The molecule has 1 aliphatic carbocycles. The average molecular weight is 243 g/mol. The van der Waals surface area contributed by atoms with E-state index in [-0.39, 0.29) is 12.8 Å². The van der Waals surface area contributed by atoms with Crippen LogP contribution in [-0.2, 0) is 0 Å². The van der Waals surface area contributed by atoms with Crippen LogP contribution >= 0.6 is 0 Å². The Balaban J connectivity index is 2.43. The molecule has 1 saturated carbocycles. The normalized spacial score (nSPS) is 22.0. The van der Waals surface area contributed by atoms with Gasteiger partial charge >= 0.3 is 0 Å². The van der Waals surface area contributed by atoms with E-state index in [1.165, 1.54) is 0 Å². The summed E-state index contributed by atoms with van der Waals surface area (Å²) in [5, 5.41) is 3.46. The zero-order chi connectivity index (χ0) is 12.7. The van der Waals surface area contributed by atoms with Crippen molar-refractivity contribution in [1.82, 2.24) is 5.32 Å². The van der Waals surface area contributed by atoms with E-state index in [0.717, 1.165) is 25.8 Å². The molecule has 0 aromatic heterocycles. The Bertz CT molecular complexity index is 247. The predicted molar refractivity (Wildman–Crippen MR) is 67.1 cm³/mol. The first-order valence-corrected chi connectivity index (χ1v) is 6.63. The highest BCUT2D eigenvalue weighted by Crippen LogP contribution is 2.38. The standard InChI is InChI=1S/C14H23F2N/c1-3-5-6-13(17-11-4-2)12-7-9-14(15,16)10-8-12/h1,12-13,17H,4-11H2,2H3. The molecule has 0 spiro atoms. The number of hydrogen-bond acceptors (Lipinski definition) is 1. The summed E-state index contributed by atoms with van der Waals surface area (Å²) in [4.78, 5) is 0. The van der Waals surface area contributed by atoms with Crippen molar-refractivity contribution < 1.29 is 8.78 Å². The van der Waals surface area contributed by atoms with Gasteiger partial charge in [-0.2, -0.15) is 0 Å². The van der Waals surface area contributed by atoms with Crippen LogP contribution in [0.25, 0.3) is 0 Å². The van der Waals surface area contributed by atoms with Crippen molar-refractivity contribution in [3.63, 3.8) is 0 Å². The van der Waals surface area contributed by atoms with Gasteiger partial charge in [0.15, 0.2) is 0 Å². The van der Waals surface area contributed by atoms with Crippen molar-refractivity contribution in [3.05, 3.63) is 0 Å². The van der Waals surface area contributed by atoms with Gasteiger partial charge in [-0.1, -0.05) is 6.92 Å². The highest BCUT2D eigenvalue weighted by Gasteiger charge is 2.37. The molecule has 1 rings (SSSR count). The third-order valence-corrected chi connectivity index (χ3v) is 3.59. The second-order valence-electron chi connectivity index (χ2n) is 5.00. The Labute approximate surface area is 103 Å². The summed E-state index contributed by atoms with van der Waals surface area (Å²) in [5.41, 5.74) is 0. The summed E-state index contributed by atoms with van der Waals surface area (Å²) in [6.07, 6.45) is 9.31. The summed E-state index contributed by atoms with van der Waals surface area (Å²) >= 11 is 0. The summed E-state index contributed by atoms with van der Waals surface area (Å²) < 4.78 is 26.2. The number of halogens is 2. The lowest BCUT2D eigenvalue weighted by Gasteiger charge is -2.34. The molecule has 1 nitrogen and oxygen atoms in total. The number of hydrogen-bond donors (Lipinski definition) is 1. The van der Waals surface area contributed by atoms with E-state index in [0.29, 0.717) is 24.8 Å². The zero-order valence-electron chi connectivity index (χ0n) is 10.6. The quantitative estimate of drug-likeness (QED) is 0.703. The maximum absolute atomic E-state index is 13.1. The van der Waals surface area contributed by atoms with Gasteiger partial charge in [0.25, 0.3) is 0 Å². The molecule has 0 bridgehead atoms. The van der Waals surface area contributed by atoms with Crippen molar-refractivity contribution >= 4 is 0 Å². The number of rotatable bonds is 6. The maximum Gasteiger partial charge on any atom is 0.248 e. The van der Waals surface area contributed by atoms with E-state index >= 15 is 0 Å². The Morgan fingerprint density at radius 2 is 2.06 bits per heavy atom. The van der Waals surface area contributed by atoms with Crippen LogP contribution in [0.15, 0.2) is 0 Å². The molecule has 17 heavy (non-hydrogen) atoms. The van der Waals surface area contributed by atoms with Gasteiger partial charge in [0.1, 0.15) is 0 Å². The fourth-order valence-electron chi connectivity index (χ4n) is 2.54. The van der Waals surface area contributed by atoms with E-state index < -0.39 is 5.92 Å². The van der Waals surface area contributed by atoms with Crippen molar-refractivity contribution in [2.24, 2.45) is 5.92 Å². The minimum absolute atomic E-state index is 0.0397. The number of nitrogens with one attached hydrogen (secondary N) is 1. The lowest BCUT2D eigenvalue weighted by atomic mass is 9.80. The second kappa shape index (κ2) is 6.96. The van der Waals surface area contributed by atoms with E-state index in [1.807, 2.05) is 0 Å². The van der Waals surface area contributed by atoms with Crippen molar-refractivity contribution in [3.8, 4) is 12.3 Å². The Morgan fingerprint density at radius 1 is 1.41 bits per heavy atom. The van der Waals surface area contributed by atoms with E-state index in [9.17, 15) is 8.78 Å². The Hall–Kier alpha value is -0.620. The largest absolute Gasteiger partial charge is 0.314 e. The molecule has 0 radical (unpaired) electrons. The van der Waals surface area contributed by atoms with Gasteiger partial charge in [0.05, 0.1) is 0 Å². The fourth-order valence-corrected chi connectivity index (χ4v) is 2.54. The topological polar surface area (TPSA) is 12.0 Å². The lowest BCUT2D eigenvalue weighted by molar-refractivity contribution is -0.0497. The molecule has 0 saturated heterocycles. The molecular formula is C14H23F2N. The monoisotopic (exact) mass is 243 g/mol. The highest BCUT2D eigenvalue weighted by atomic mass is 19.3. The molecule has 1 fully saturated rings. The zero-order valence-corrected chi connectivity index (χ0v) is 10.6. The van der Waals surface area contributed by atoms with Crippen LogP contribution in [0, 0.1) is 18.3 Å². The van der Waals surface area contributed by atoms with Crippen LogP contribution in [-0.4, -0.2) is 18.5 Å². The SMILES string of the molecule is C#CCCC(NCCC)C1CCC(F)(F)CC1. The highest BCUT2D eigenvalue weighted by molar-refractivity contribution is 4.90. The van der Waals surface area contributed by atoms with Gasteiger partial charge < -0.3 is 5.32 Å². The third kappa shape index (κ3) is 5.04. The van der Waals surface area contributed by atoms with Crippen molar-refractivity contribution in [1.29, 1.82) is 0 Å². The first-order valence-electron chi connectivity index (χ1n) is 6.63. The van der Waals surface area contributed by atoms with E-state index in [4.69, 9.17) is 6.42 Å². The van der Waals surface area contributed by atoms with Crippen molar-refractivity contribution in [2.75, 3.05) is 6.54 Å². The second-order valence-corrected chi connectivity index (χ2v) is 5.00. The minimum atomic E-state index is -2.43. The molecule has 1 aliphatic rings. The molecular weight excluding hydrogens is 220 g/mol. The van der Waals surface area contributed by atoms with Crippen LogP contribution < -0.4 is 5.32 Å². The van der Waals surface area contributed by atoms with Crippen LogP contribution in [0.5, 0.6) is 0 Å². The van der Waals surface area contributed by atoms with E-state index in [1.54, 1.807) is 0 Å². The van der Waals surface area contributed by atoms with Crippen LogP contribution in [0.2, 0.25) is 0 Å². The van der Waals surface area contributed by atoms with Gasteiger partial charge in [-0.3, -0.25) is 0 Å². The number of terminal acetylenes is 1. The van der Waals surface area contributed by atoms with Crippen LogP contribution in [0.4, 0.5) is 8.78 Å². The maximum atomic E-state index is 13.1. The van der Waals surface area contributed by atoms with Crippen LogP contribution in [0.3, 0.4) is 0 Å². The minimum Gasteiger partial charge on any atom is -0.314 e. The van der Waals surface area contributed by atoms with E-state index in [2.05, 4.69) is 18.2 Å². The summed E-state index contributed by atoms with van der Waals surface area (Å²) in [5.74, 6) is 0.579. The Kier molecular flexibility index (Phi) is 5.91. The molecule has 0 aliphatic heterocycles. The predicted octanol–water partition coefficient (Wildman–Crippen LogP) is 3.59. The van der Waals surface area contributed by atoms with Gasteiger partial charge in [-0.15, -0.1) is 12.3 Å². The molecule has 3 heteroatoms. The fraction of sp³-hybridized carbons (Fsp3) is 0.857. The summed E-state index contributed by atoms with van der Waals surface area (Å²) in [6, 6.07) is 0.321. The molecule has 98 valence electrons. The van der Waals surface area contributed by atoms with Gasteiger partial charge in [0.2, 0.25) is 5.92 Å². The lowest BCUT2D eigenvalue weighted by Crippen LogP contribution is -2.40. The first-order chi connectivity index (χ1) is 8.09. The molecule has 0 amide bonds. The molecule has 0 heterocycles. The first kappa shape index (κ1) is 14.4. The molecule has 1 N–H and O–H groups in total. The molecule has 1 atom stereocenters. The van der Waals surface area contributed by atoms with Gasteiger partial charge in [0, 0.05) is 25.3 Å². The van der Waals surface area contributed by atoms with Gasteiger partial charge in [-0.05, 0) is 38.1 Å². The molecule has 1 unspecified atom stereocenters. The summed E-state index contributed by atoms with van der Waals surface area (Å²) in [6.45, 7) is 3.06. The summed E-state index contributed by atoms with van der Waals surface area (Å²) in [7, 11) is 0. The molecule has 0 aromatic carbocycles. The van der Waals surface area contributed by atoms with Gasteiger partial charge in [-0.25, -0.2) is 8.78 Å². The number of alkyl halides is 2. The average Bonchev–Trinajstić information content (AvgIpc) is 2.30. The smallest absolute Gasteiger partial charge is 0.248 e.